The molecule has 4 N–H and O–H groups in total. The van der Waals surface area contributed by atoms with Crippen molar-refractivity contribution in [3.8, 4) is 0 Å². The average molecular weight is 387 g/mol. The minimum Gasteiger partial charge on any atom is -0.354 e. The third kappa shape index (κ3) is 4.81. The number of piperidine rings is 1. The summed E-state index contributed by atoms with van der Waals surface area (Å²) in [6, 6.07) is 7.08. The first-order chi connectivity index (χ1) is 13.6. The summed E-state index contributed by atoms with van der Waals surface area (Å²) >= 11 is 0. The molecule has 2 heterocycles. The van der Waals surface area contributed by atoms with Crippen LogP contribution >= 0.6 is 0 Å². The first-order valence-electron chi connectivity index (χ1n) is 10.0. The van der Waals surface area contributed by atoms with E-state index in [1.165, 1.54) is 0 Å². The molecule has 8 heteroatoms. The summed E-state index contributed by atoms with van der Waals surface area (Å²) in [7, 11) is 0. The fourth-order valence-corrected chi connectivity index (χ4v) is 3.78. The summed E-state index contributed by atoms with van der Waals surface area (Å²) in [5.74, 6) is -0.143. The maximum Gasteiger partial charge on any atom is 0.321 e. The molecule has 0 saturated carbocycles. The van der Waals surface area contributed by atoms with E-state index in [1.54, 1.807) is 17.0 Å². The fraction of sp³-hybridized carbons (Fsp3) is 0.550. The van der Waals surface area contributed by atoms with Gasteiger partial charge in [-0.05, 0) is 43.9 Å². The third-order valence-electron chi connectivity index (χ3n) is 5.28. The van der Waals surface area contributed by atoms with Gasteiger partial charge in [0.05, 0.1) is 0 Å². The van der Waals surface area contributed by atoms with Crippen molar-refractivity contribution in [1.82, 2.24) is 15.5 Å². The normalized spacial score (nSPS) is 19.9. The topological polar surface area (TPSA) is 108 Å². The van der Waals surface area contributed by atoms with Gasteiger partial charge in [0.25, 0.3) is 5.91 Å². The highest BCUT2D eigenvalue weighted by Gasteiger charge is 2.28. The Balaban J connectivity index is 1.71. The van der Waals surface area contributed by atoms with Gasteiger partial charge >= 0.3 is 6.03 Å². The van der Waals surface area contributed by atoms with Gasteiger partial charge in [0.1, 0.15) is 0 Å². The number of likely N-dealkylation sites (tertiary alicyclic amines) is 1. The standard InChI is InChI=1S/C20H29N5O3/c21-9-8-18(26)23-14-17-6-1-2-11-24(17)19(27)15-5-3-7-16(13-15)25-12-4-10-22-20(25)28/h3,5,7,13,17H,1-2,4,6,8-12,14,21H2,(H,22,28)(H,23,26). The van der Waals surface area contributed by atoms with E-state index < -0.39 is 0 Å². The number of rotatable bonds is 6. The number of nitrogens with zero attached hydrogens (tertiary/aromatic N) is 2. The van der Waals surface area contributed by atoms with E-state index in [4.69, 9.17) is 5.73 Å². The molecule has 2 aliphatic heterocycles. The quantitative estimate of drug-likeness (QED) is 0.678. The van der Waals surface area contributed by atoms with Crippen LogP contribution in [0.4, 0.5) is 10.5 Å². The number of carbonyl (C=O) groups excluding carboxylic acids is 3. The van der Waals surface area contributed by atoms with Gasteiger partial charge in [-0.2, -0.15) is 0 Å². The minimum absolute atomic E-state index is 0.0232. The summed E-state index contributed by atoms with van der Waals surface area (Å²) in [5.41, 5.74) is 6.71. The van der Waals surface area contributed by atoms with E-state index in [9.17, 15) is 14.4 Å². The second kappa shape index (κ2) is 9.54. The Bertz CT molecular complexity index is 724. The van der Waals surface area contributed by atoms with Crippen molar-refractivity contribution in [3.05, 3.63) is 29.8 Å². The number of hydrogen-bond donors (Lipinski definition) is 3. The maximum absolute atomic E-state index is 13.2. The van der Waals surface area contributed by atoms with Gasteiger partial charge in [-0.3, -0.25) is 14.5 Å². The molecular formula is C20H29N5O3. The predicted molar refractivity (Wildman–Crippen MR) is 107 cm³/mol. The van der Waals surface area contributed by atoms with Gasteiger partial charge in [-0.1, -0.05) is 6.07 Å². The zero-order valence-electron chi connectivity index (χ0n) is 16.2. The van der Waals surface area contributed by atoms with Crippen molar-refractivity contribution in [3.63, 3.8) is 0 Å². The zero-order chi connectivity index (χ0) is 19.9. The van der Waals surface area contributed by atoms with Crippen LogP contribution in [0.5, 0.6) is 0 Å². The first kappa shape index (κ1) is 20.1. The summed E-state index contributed by atoms with van der Waals surface area (Å²) < 4.78 is 0. The summed E-state index contributed by atoms with van der Waals surface area (Å²) in [4.78, 5) is 40.5. The van der Waals surface area contributed by atoms with Crippen molar-refractivity contribution >= 4 is 23.5 Å². The Labute approximate surface area is 165 Å². The Morgan fingerprint density at radius 1 is 1.21 bits per heavy atom. The van der Waals surface area contributed by atoms with Crippen LogP contribution in [0.25, 0.3) is 0 Å². The number of hydrogen-bond acceptors (Lipinski definition) is 4. The molecule has 0 radical (unpaired) electrons. The molecule has 4 amide bonds. The molecule has 2 aliphatic rings. The van der Waals surface area contributed by atoms with E-state index in [0.29, 0.717) is 44.7 Å². The third-order valence-corrected chi connectivity index (χ3v) is 5.28. The second-order valence-corrected chi connectivity index (χ2v) is 7.28. The molecule has 152 valence electrons. The van der Waals surface area contributed by atoms with Gasteiger partial charge in [0.15, 0.2) is 0 Å². The number of nitrogens with two attached hydrogens (primary N) is 1. The summed E-state index contributed by atoms with van der Waals surface area (Å²) in [6.45, 7) is 2.75. The highest BCUT2D eigenvalue weighted by atomic mass is 16.2. The van der Waals surface area contributed by atoms with Gasteiger partial charge in [0.2, 0.25) is 5.91 Å². The lowest BCUT2D eigenvalue weighted by molar-refractivity contribution is -0.121. The van der Waals surface area contributed by atoms with Crippen molar-refractivity contribution < 1.29 is 14.4 Å². The Hall–Kier alpha value is -2.61. The summed E-state index contributed by atoms with van der Waals surface area (Å²) in [5, 5.41) is 5.71. The van der Waals surface area contributed by atoms with Crippen LogP contribution in [0, 0.1) is 0 Å². The van der Waals surface area contributed by atoms with E-state index in [2.05, 4.69) is 10.6 Å². The molecule has 0 aliphatic carbocycles. The lowest BCUT2D eigenvalue weighted by atomic mass is 10.00. The smallest absolute Gasteiger partial charge is 0.321 e. The lowest BCUT2D eigenvalue weighted by Crippen LogP contribution is -2.49. The van der Waals surface area contributed by atoms with Crippen molar-refractivity contribution in [1.29, 1.82) is 0 Å². The van der Waals surface area contributed by atoms with Crippen molar-refractivity contribution in [2.75, 3.05) is 37.6 Å². The highest BCUT2D eigenvalue weighted by molar-refractivity contribution is 5.98. The molecule has 1 unspecified atom stereocenters. The van der Waals surface area contributed by atoms with Crippen LogP contribution in [-0.4, -0.2) is 61.5 Å². The number of nitrogens with one attached hydrogen (secondary N) is 2. The molecular weight excluding hydrogens is 358 g/mol. The number of urea groups is 1. The molecule has 1 aromatic carbocycles. The van der Waals surface area contributed by atoms with Gasteiger partial charge in [-0.15, -0.1) is 0 Å². The molecule has 0 aromatic heterocycles. The van der Waals surface area contributed by atoms with Gasteiger partial charge in [-0.25, -0.2) is 4.79 Å². The van der Waals surface area contributed by atoms with Crippen molar-refractivity contribution in [2.24, 2.45) is 5.73 Å². The van der Waals surface area contributed by atoms with Crippen LogP contribution in [0.2, 0.25) is 0 Å². The molecule has 0 spiro atoms. The first-order valence-corrected chi connectivity index (χ1v) is 10.0. The monoisotopic (exact) mass is 387 g/mol. The fourth-order valence-electron chi connectivity index (χ4n) is 3.78. The molecule has 1 aromatic rings. The lowest BCUT2D eigenvalue weighted by Gasteiger charge is -2.36. The van der Waals surface area contributed by atoms with E-state index in [1.807, 2.05) is 17.0 Å². The van der Waals surface area contributed by atoms with Crippen LogP contribution in [0.1, 0.15) is 42.5 Å². The zero-order valence-corrected chi connectivity index (χ0v) is 16.2. The van der Waals surface area contributed by atoms with Crippen LogP contribution in [-0.2, 0) is 4.79 Å². The van der Waals surface area contributed by atoms with Gasteiger partial charge < -0.3 is 21.3 Å². The number of carbonyl (C=O) groups is 3. The molecule has 1 atom stereocenters. The summed E-state index contributed by atoms with van der Waals surface area (Å²) in [6.07, 6.45) is 4.02. The molecule has 0 bridgehead atoms. The van der Waals surface area contributed by atoms with Crippen LogP contribution in [0.3, 0.4) is 0 Å². The average Bonchev–Trinajstić information content (AvgIpc) is 2.72. The largest absolute Gasteiger partial charge is 0.354 e. The minimum atomic E-state index is -0.130. The number of benzene rings is 1. The number of amides is 4. The molecule has 2 fully saturated rings. The van der Waals surface area contributed by atoms with E-state index in [-0.39, 0.29) is 23.9 Å². The second-order valence-electron chi connectivity index (χ2n) is 7.28. The van der Waals surface area contributed by atoms with Crippen LogP contribution < -0.4 is 21.3 Å². The Kier molecular flexibility index (Phi) is 6.86. The maximum atomic E-state index is 13.2. The Morgan fingerprint density at radius 3 is 2.86 bits per heavy atom. The SMILES string of the molecule is NCCC(=O)NCC1CCCCN1C(=O)c1cccc(N2CCCNC2=O)c1. The molecule has 2 saturated heterocycles. The van der Waals surface area contributed by atoms with E-state index >= 15 is 0 Å². The molecule has 28 heavy (non-hydrogen) atoms. The molecule has 8 nitrogen and oxygen atoms in total. The van der Waals surface area contributed by atoms with Crippen LogP contribution in [0.15, 0.2) is 24.3 Å². The van der Waals surface area contributed by atoms with Gasteiger partial charge in [0, 0.05) is 56.4 Å². The van der Waals surface area contributed by atoms with E-state index in [0.717, 1.165) is 31.4 Å². The predicted octanol–water partition coefficient (Wildman–Crippen LogP) is 1.07. The van der Waals surface area contributed by atoms with Crippen molar-refractivity contribution in [2.45, 2.75) is 38.1 Å². The Morgan fingerprint density at radius 2 is 2.07 bits per heavy atom. The molecule has 3 rings (SSSR count). The number of anilines is 1. The highest BCUT2D eigenvalue weighted by Crippen LogP contribution is 2.23.